The lowest BCUT2D eigenvalue weighted by Gasteiger charge is -2.28. The summed E-state index contributed by atoms with van der Waals surface area (Å²) >= 11 is 0. The molecule has 1 atom stereocenters. The number of hydrogen-bond donors (Lipinski definition) is 1. The van der Waals surface area contributed by atoms with Crippen LogP contribution in [0, 0.1) is 0 Å². The molecule has 3 aromatic carbocycles. The van der Waals surface area contributed by atoms with Crippen molar-refractivity contribution in [3.8, 4) is 11.5 Å². The summed E-state index contributed by atoms with van der Waals surface area (Å²) < 4.78 is 6.08. The van der Waals surface area contributed by atoms with E-state index in [1.807, 2.05) is 60.7 Å². The molecular formula is C22H14O3. The number of aromatic hydroxyl groups is 1. The molecule has 5 rings (SSSR count). The molecule has 0 spiro atoms. The van der Waals surface area contributed by atoms with Crippen molar-refractivity contribution in [2.75, 3.05) is 0 Å². The van der Waals surface area contributed by atoms with Crippen LogP contribution in [0.3, 0.4) is 0 Å². The van der Waals surface area contributed by atoms with E-state index in [2.05, 4.69) is 0 Å². The Morgan fingerprint density at radius 2 is 1.52 bits per heavy atom. The van der Waals surface area contributed by atoms with Crippen molar-refractivity contribution in [3.05, 3.63) is 101 Å². The first kappa shape index (κ1) is 14.1. The molecule has 0 radical (unpaired) electrons. The second-order valence-electron chi connectivity index (χ2n) is 6.25. The Morgan fingerprint density at radius 1 is 0.800 bits per heavy atom. The van der Waals surface area contributed by atoms with E-state index in [0.29, 0.717) is 28.2 Å². The highest BCUT2D eigenvalue weighted by Crippen LogP contribution is 2.52. The van der Waals surface area contributed by atoms with Gasteiger partial charge >= 0.3 is 0 Å². The Labute approximate surface area is 144 Å². The lowest BCUT2D eigenvalue weighted by Crippen LogP contribution is -2.17. The molecule has 0 aromatic heterocycles. The Hall–Kier alpha value is -3.33. The van der Waals surface area contributed by atoms with Gasteiger partial charge in [0.25, 0.3) is 0 Å². The van der Waals surface area contributed by atoms with Gasteiger partial charge in [0.05, 0.1) is 5.57 Å². The molecule has 1 aliphatic heterocycles. The Bertz CT molecular complexity index is 1050. The zero-order valence-electron chi connectivity index (χ0n) is 13.3. The number of allylic oxidation sites excluding steroid dienone is 1. The molecule has 3 aromatic rings. The molecule has 0 saturated heterocycles. The first-order valence-electron chi connectivity index (χ1n) is 8.18. The van der Waals surface area contributed by atoms with Crippen LogP contribution in [0.2, 0.25) is 0 Å². The highest BCUT2D eigenvalue weighted by atomic mass is 16.5. The number of fused-ring (bicyclic) bond motifs is 3. The van der Waals surface area contributed by atoms with E-state index < -0.39 is 0 Å². The van der Waals surface area contributed by atoms with Crippen molar-refractivity contribution >= 4 is 11.5 Å². The number of hydrogen-bond acceptors (Lipinski definition) is 3. The Kier molecular flexibility index (Phi) is 2.86. The Balaban J connectivity index is 1.82. The minimum Gasteiger partial charge on any atom is -0.507 e. The monoisotopic (exact) mass is 326 g/mol. The average Bonchev–Trinajstić information content (AvgIpc) is 2.94. The number of carbonyl (C=O) groups is 1. The predicted octanol–water partition coefficient (Wildman–Crippen LogP) is 4.52. The van der Waals surface area contributed by atoms with Crippen molar-refractivity contribution in [2.45, 2.75) is 5.92 Å². The van der Waals surface area contributed by atoms with Gasteiger partial charge in [-0.3, -0.25) is 4.79 Å². The third kappa shape index (κ3) is 1.89. The number of ketones is 1. The largest absolute Gasteiger partial charge is 0.507 e. The maximum atomic E-state index is 13.1. The van der Waals surface area contributed by atoms with Crippen molar-refractivity contribution in [3.63, 3.8) is 0 Å². The van der Waals surface area contributed by atoms with Crippen LogP contribution in [0.5, 0.6) is 11.5 Å². The number of benzene rings is 3. The van der Waals surface area contributed by atoms with E-state index >= 15 is 0 Å². The van der Waals surface area contributed by atoms with Crippen LogP contribution in [-0.4, -0.2) is 10.9 Å². The fraction of sp³-hybridized carbons (Fsp3) is 0.0455. The maximum Gasteiger partial charge on any atom is 0.194 e. The third-order valence-electron chi connectivity index (χ3n) is 4.87. The van der Waals surface area contributed by atoms with Crippen LogP contribution in [-0.2, 0) is 0 Å². The van der Waals surface area contributed by atoms with E-state index in [-0.39, 0.29) is 17.5 Å². The van der Waals surface area contributed by atoms with E-state index in [1.165, 1.54) is 0 Å². The number of carbonyl (C=O) groups excluding carboxylic acids is 1. The molecule has 3 nitrogen and oxygen atoms in total. The summed E-state index contributed by atoms with van der Waals surface area (Å²) in [6, 6.07) is 22.5. The Morgan fingerprint density at radius 3 is 2.32 bits per heavy atom. The zero-order valence-corrected chi connectivity index (χ0v) is 13.3. The summed E-state index contributed by atoms with van der Waals surface area (Å²) in [5.74, 6) is 0.959. The molecule has 1 heterocycles. The van der Waals surface area contributed by atoms with Crippen LogP contribution in [0.1, 0.15) is 33.0 Å². The van der Waals surface area contributed by atoms with Crippen LogP contribution in [0.15, 0.2) is 78.4 Å². The van der Waals surface area contributed by atoms with Crippen LogP contribution in [0.4, 0.5) is 0 Å². The number of Topliss-reactive ketones (excluding diaryl/α,β-unsaturated/α-hetero) is 1. The summed E-state index contributed by atoms with van der Waals surface area (Å²) in [5.41, 5.74) is 3.68. The van der Waals surface area contributed by atoms with Gasteiger partial charge in [-0.25, -0.2) is 0 Å². The van der Waals surface area contributed by atoms with E-state index in [1.54, 1.807) is 12.1 Å². The van der Waals surface area contributed by atoms with Crippen molar-refractivity contribution in [2.24, 2.45) is 0 Å². The number of phenolic OH excluding ortho intramolecular Hbond substituents is 1. The summed E-state index contributed by atoms with van der Waals surface area (Å²) in [5, 5.41) is 10.5. The molecule has 2 aliphatic rings. The lowest BCUT2D eigenvalue weighted by atomic mass is 9.81. The molecule has 25 heavy (non-hydrogen) atoms. The topological polar surface area (TPSA) is 46.5 Å². The average molecular weight is 326 g/mol. The maximum absolute atomic E-state index is 13.1. The normalized spacial score (nSPS) is 17.6. The van der Waals surface area contributed by atoms with E-state index in [4.69, 9.17) is 4.74 Å². The molecule has 3 heteroatoms. The fourth-order valence-corrected chi connectivity index (χ4v) is 3.79. The zero-order chi connectivity index (χ0) is 17.0. The van der Waals surface area contributed by atoms with Crippen LogP contribution >= 0.6 is 0 Å². The second-order valence-corrected chi connectivity index (χ2v) is 6.25. The molecule has 0 bridgehead atoms. The molecular weight excluding hydrogens is 312 g/mol. The van der Waals surface area contributed by atoms with Gasteiger partial charge in [0.1, 0.15) is 17.3 Å². The summed E-state index contributed by atoms with van der Waals surface area (Å²) in [7, 11) is 0. The van der Waals surface area contributed by atoms with Crippen molar-refractivity contribution in [1.82, 2.24) is 0 Å². The predicted molar refractivity (Wildman–Crippen MR) is 94.7 cm³/mol. The van der Waals surface area contributed by atoms with Crippen molar-refractivity contribution in [1.29, 1.82) is 0 Å². The molecule has 1 unspecified atom stereocenters. The van der Waals surface area contributed by atoms with Gasteiger partial charge in [0.15, 0.2) is 5.78 Å². The molecule has 0 saturated carbocycles. The fourth-order valence-electron chi connectivity index (χ4n) is 3.79. The molecule has 1 N–H and O–H groups in total. The van der Waals surface area contributed by atoms with Gasteiger partial charge < -0.3 is 9.84 Å². The summed E-state index contributed by atoms with van der Waals surface area (Å²) in [4.78, 5) is 13.1. The minimum absolute atomic E-state index is 0.0339. The number of phenols is 1. The summed E-state index contributed by atoms with van der Waals surface area (Å²) in [6.07, 6.45) is 0. The van der Waals surface area contributed by atoms with Crippen molar-refractivity contribution < 1.29 is 14.6 Å². The van der Waals surface area contributed by atoms with Gasteiger partial charge in [0, 0.05) is 22.6 Å². The van der Waals surface area contributed by atoms with E-state index in [0.717, 1.165) is 11.1 Å². The SMILES string of the molecule is O=C1C2=C(Oc3cccc(O)c3C2c2ccccc2)c2ccccc21. The van der Waals surface area contributed by atoms with Gasteiger partial charge in [-0.05, 0) is 17.7 Å². The van der Waals surface area contributed by atoms with E-state index in [9.17, 15) is 9.90 Å². The van der Waals surface area contributed by atoms with Gasteiger partial charge in [-0.2, -0.15) is 0 Å². The number of ether oxygens (including phenoxy) is 1. The molecule has 1 aliphatic carbocycles. The first-order valence-corrected chi connectivity index (χ1v) is 8.18. The quantitative estimate of drug-likeness (QED) is 0.715. The molecule has 0 amide bonds. The first-order chi connectivity index (χ1) is 12.3. The highest BCUT2D eigenvalue weighted by Gasteiger charge is 2.42. The molecule has 120 valence electrons. The van der Waals surface area contributed by atoms with Gasteiger partial charge in [-0.15, -0.1) is 0 Å². The van der Waals surface area contributed by atoms with Crippen LogP contribution in [0.25, 0.3) is 5.76 Å². The van der Waals surface area contributed by atoms with Gasteiger partial charge in [0.2, 0.25) is 0 Å². The van der Waals surface area contributed by atoms with Gasteiger partial charge in [-0.1, -0.05) is 60.7 Å². The number of rotatable bonds is 1. The highest BCUT2D eigenvalue weighted by molar-refractivity contribution is 6.21. The van der Waals surface area contributed by atoms with Crippen LogP contribution < -0.4 is 4.74 Å². The smallest absolute Gasteiger partial charge is 0.194 e. The molecule has 0 fully saturated rings. The third-order valence-corrected chi connectivity index (χ3v) is 4.87. The lowest BCUT2D eigenvalue weighted by molar-refractivity contribution is 0.103. The summed E-state index contributed by atoms with van der Waals surface area (Å²) in [6.45, 7) is 0. The standard InChI is InChI=1S/C22H14O3/c23-16-11-6-12-17-19(16)18(13-7-2-1-3-8-13)20-21(24)14-9-4-5-10-15(14)22(20)25-17/h1-12,18,23H. The second kappa shape index (κ2) is 5.08. The minimum atomic E-state index is -0.346.